The summed E-state index contributed by atoms with van der Waals surface area (Å²) >= 11 is 0. The van der Waals surface area contributed by atoms with Crippen molar-refractivity contribution >= 4 is 68.1 Å². The van der Waals surface area contributed by atoms with Gasteiger partial charge in [-0.05, 0) is 148 Å². The zero-order valence-electron chi connectivity index (χ0n) is 37.9. The standard InChI is InChI=1S/C59H53BN2O/c1-36-29-37(2)56(38(3)30-36)40-31-48-44-19-13-15-21-51(44)62(43-26-23-41(24-27-43)58(4,5)6)60-49-35-55-47(45-20-14-16-22-54(45)63-55)34-52(49)61(53(32-40)57(48)60)50-28-25-42(59(7,8)9)33-46(50)39-17-11-10-12-18-39/h10-35H,1-9H3. The molecule has 0 atom stereocenters. The molecule has 8 aromatic carbocycles. The van der Waals surface area contributed by atoms with E-state index in [1.54, 1.807) is 0 Å². The number of rotatable bonds is 4. The van der Waals surface area contributed by atoms with E-state index in [2.05, 4.69) is 230 Å². The monoisotopic (exact) mass is 816 g/mol. The minimum atomic E-state index is -0.155. The smallest absolute Gasteiger partial charge is 0.333 e. The quantitative estimate of drug-likeness (QED) is 0.165. The molecular weight excluding hydrogens is 763 g/mol. The fourth-order valence-corrected chi connectivity index (χ4v) is 10.6. The van der Waals surface area contributed by atoms with E-state index in [1.807, 2.05) is 0 Å². The van der Waals surface area contributed by atoms with Crippen LogP contribution in [0.4, 0.5) is 28.4 Å². The lowest BCUT2D eigenvalue weighted by Gasteiger charge is -2.46. The van der Waals surface area contributed by atoms with Crippen LogP contribution in [-0.4, -0.2) is 6.85 Å². The van der Waals surface area contributed by atoms with Crippen molar-refractivity contribution in [3.63, 3.8) is 0 Å². The molecule has 0 unspecified atom stereocenters. The first-order valence-electron chi connectivity index (χ1n) is 22.5. The Morgan fingerprint density at radius 3 is 1.86 bits per heavy atom. The number of hydrogen-bond acceptors (Lipinski definition) is 3. The Morgan fingerprint density at radius 1 is 0.460 bits per heavy atom. The SMILES string of the molecule is Cc1cc(C)c(-c2cc3c4c(c2)N(c2ccc(C(C)(C)C)cc2-c2ccccc2)c2cc5c(cc2B4N(c2ccc(C(C)(C)C)cc2)c2ccccc2-3)oc2ccccc25)c(C)c1. The Labute approximate surface area is 372 Å². The van der Waals surface area contributed by atoms with Gasteiger partial charge in [-0.2, -0.15) is 0 Å². The van der Waals surface area contributed by atoms with E-state index in [4.69, 9.17) is 4.42 Å². The highest BCUT2D eigenvalue weighted by atomic mass is 16.3. The average Bonchev–Trinajstić information content (AvgIpc) is 3.62. The second kappa shape index (κ2) is 14.1. The Bertz CT molecular complexity index is 3270. The van der Waals surface area contributed by atoms with Crippen LogP contribution in [0, 0.1) is 20.8 Å². The predicted molar refractivity (Wildman–Crippen MR) is 270 cm³/mol. The molecule has 2 aliphatic rings. The minimum absolute atomic E-state index is 0.0323. The van der Waals surface area contributed by atoms with Crippen LogP contribution in [0.5, 0.6) is 0 Å². The number of fused-ring (bicyclic) bond motifs is 7. The van der Waals surface area contributed by atoms with Crippen LogP contribution in [0.1, 0.15) is 69.4 Å². The van der Waals surface area contributed by atoms with Crippen LogP contribution in [-0.2, 0) is 10.8 Å². The third-order valence-electron chi connectivity index (χ3n) is 13.6. The van der Waals surface area contributed by atoms with Gasteiger partial charge in [0.25, 0.3) is 0 Å². The third-order valence-corrected chi connectivity index (χ3v) is 13.6. The third kappa shape index (κ3) is 6.25. The van der Waals surface area contributed by atoms with Crippen molar-refractivity contribution in [1.29, 1.82) is 0 Å². The maximum atomic E-state index is 6.77. The summed E-state index contributed by atoms with van der Waals surface area (Å²) in [6, 6.07) is 59.4. The van der Waals surface area contributed by atoms with Crippen molar-refractivity contribution in [2.45, 2.75) is 73.1 Å². The zero-order chi connectivity index (χ0) is 43.5. The number of para-hydroxylation sites is 2. The summed E-state index contributed by atoms with van der Waals surface area (Å²) in [5.74, 6) is 0. The first-order valence-corrected chi connectivity index (χ1v) is 22.5. The van der Waals surface area contributed by atoms with E-state index >= 15 is 0 Å². The number of hydrogen-bond donors (Lipinski definition) is 0. The summed E-state index contributed by atoms with van der Waals surface area (Å²) in [6.07, 6.45) is 0. The lowest BCUT2D eigenvalue weighted by atomic mass is 9.43. The van der Waals surface area contributed by atoms with Gasteiger partial charge in [-0.1, -0.05) is 144 Å². The Morgan fingerprint density at radius 2 is 1.13 bits per heavy atom. The molecule has 63 heavy (non-hydrogen) atoms. The van der Waals surface area contributed by atoms with Crippen LogP contribution in [0.2, 0.25) is 0 Å². The van der Waals surface area contributed by atoms with Gasteiger partial charge in [-0.3, -0.25) is 0 Å². The molecule has 308 valence electrons. The highest BCUT2D eigenvalue weighted by Crippen LogP contribution is 2.51. The average molecular weight is 817 g/mol. The van der Waals surface area contributed by atoms with E-state index in [9.17, 15) is 0 Å². The van der Waals surface area contributed by atoms with Crippen molar-refractivity contribution in [2.75, 3.05) is 9.71 Å². The van der Waals surface area contributed by atoms with Gasteiger partial charge in [0, 0.05) is 44.6 Å². The van der Waals surface area contributed by atoms with E-state index in [-0.39, 0.29) is 17.7 Å². The molecule has 0 saturated carbocycles. The van der Waals surface area contributed by atoms with E-state index < -0.39 is 0 Å². The molecule has 0 aliphatic carbocycles. The van der Waals surface area contributed by atoms with Crippen molar-refractivity contribution < 1.29 is 4.42 Å². The number of furan rings is 1. The first-order chi connectivity index (χ1) is 30.2. The molecule has 2 aliphatic heterocycles. The van der Waals surface area contributed by atoms with Crippen LogP contribution in [0.25, 0.3) is 55.3 Å². The van der Waals surface area contributed by atoms with E-state index in [0.717, 1.165) is 39.0 Å². The summed E-state index contributed by atoms with van der Waals surface area (Å²) < 4.78 is 6.77. The molecule has 0 spiro atoms. The molecule has 0 fully saturated rings. The Hall–Kier alpha value is -6.78. The molecule has 11 rings (SSSR count). The van der Waals surface area contributed by atoms with Crippen molar-refractivity contribution in [2.24, 2.45) is 0 Å². The fraction of sp³-hybridized carbons (Fsp3) is 0.186. The largest absolute Gasteiger partial charge is 0.456 e. The molecule has 0 bridgehead atoms. The molecule has 3 heterocycles. The Kier molecular flexibility index (Phi) is 8.77. The van der Waals surface area contributed by atoms with Crippen molar-refractivity contribution in [1.82, 2.24) is 0 Å². The minimum Gasteiger partial charge on any atom is -0.456 e. The molecule has 0 amide bonds. The molecule has 4 heteroatoms. The maximum absolute atomic E-state index is 6.77. The van der Waals surface area contributed by atoms with E-state index in [0.29, 0.717) is 0 Å². The summed E-state index contributed by atoms with van der Waals surface area (Å²) in [7, 11) is 0. The topological polar surface area (TPSA) is 19.6 Å². The lowest BCUT2D eigenvalue weighted by Crippen LogP contribution is -2.61. The van der Waals surface area contributed by atoms with Gasteiger partial charge >= 0.3 is 6.85 Å². The highest BCUT2D eigenvalue weighted by Gasteiger charge is 2.46. The summed E-state index contributed by atoms with van der Waals surface area (Å²) in [5, 5.41) is 2.24. The molecular formula is C59H53BN2O. The lowest BCUT2D eigenvalue weighted by molar-refractivity contribution is 0.590. The molecule has 0 N–H and O–H groups in total. The summed E-state index contributed by atoms with van der Waals surface area (Å²) in [4.78, 5) is 5.19. The molecule has 9 aromatic rings. The molecule has 0 radical (unpaired) electrons. The van der Waals surface area contributed by atoms with Gasteiger partial charge in [0.05, 0.1) is 5.69 Å². The molecule has 0 saturated heterocycles. The number of anilines is 5. The first kappa shape index (κ1) is 39.1. The van der Waals surface area contributed by atoms with Crippen LogP contribution in [0.3, 0.4) is 0 Å². The normalized spacial score (nSPS) is 13.4. The van der Waals surface area contributed by atoms with Crippen LogP contribution >= 0.6 is 0 Å². The molecule has 1 aromatic heterocycles. The summed E-state index contributed by atoms with van der Waals surface area (Å²) in [5.41, 5.74) is 24.0. The van der Waals surface area contributed by atoms with E-state index in [1.165, 1.54) is 83.5 Å². The van der Waals surface area contributed by atoms with Gasteiger partial charge < -0.3 is 14.1 Å². The number of aryl methyl sites for hydroxylation is 3. The van der Waals surface area contributed by atoms with Crippen LogP contribution < -0.4 is 20.6 Å². The second-order valence-corrected chi connectivity index (χ2v) is 20.0. The van der Waals surface area contributed by atoms with Gasteiger partial charge in [-0.25, -0.2) is 0 Å². The summed E-state index contributed by atoms with van der Waals surface area (Å²) in [6.45, 7) is 20.4. The number of benzene rings is 8. The Balaban J connectivity index is 1.30. The number of nitrogens with zero attached hydrogens (tertiary/aromatic N) is 2. The fourth-order valence-electron chi connectivity index (χ4n) is 10.6. The van der Waals surface area contributed by atoms with Gasteiger partial charge in [0.2, 0.25) is 0 Å². The van der Waals surface area contributed by atoms with Gasteiger partial charge in [0.15, 0.2) is 0 Å². The van der Waals surface area contributed by atoms with Crippen LogP contribution in [0.15, 0.2) is 162 Å². The zero-order valence-corrected chi connectivity index (χ0v) is 37.9. The van der Waals surface area contributed by atoms with Gasteiger partial charge in [0.1, 0.15) is 11.2 Å². The van der Waals surface area contributed by atoms with Gasteiger partial charge in [-0.15, -0.1) is 0 Å². The highest BCUT2D eigenvalue weighted by molar-refractivity contribution is 6.93. The molecule has 3 nitrogen and oxygen atoms in total. The van der Waals surface area contributed by atoms with Crippen molar-refractivity contribution in [3.8, 4) is 33.4 Å². The predicted octanol–water partition coefficient (Wildman–Crippen LogP) is 15.1. The van der Waals surface area contributed by atoms with Crippen molar-refractivity contribution in [3.05, 3.63) is 186 Å². The second-order valence-electron chi connectivity index (χ2n) is 20.0. The maximum Gasteiger partial charge on any atom is 0.333 e.